The average Bonchev–Trinajstić information content (AvgIpc) is 3.24. The van der Waals surface area contributed by atoms with Gasteiger partial charge in [-0.15, -0.1) is 0 Å². The van der Waals surface area contributed by atoms with Gasteiger partial charge in [-0.1, -0.05) is 0 Å². The van der Waals surface area contributed by atoms with Crippen LogP contribution in [0, 0.1) is 11.3 Å². The summed E-state index contributed by atoms with van der Waals surface area (Å²) in [6, 6.07) is 5.20. The van der Waals surface area contributed by atoms with Gasteiger partial charge in [0, 0.05) is 30.1 Å². The third-order valence-electron chi connectivity index (χ3n) is 5.78. The van der Waals surface area contributed by atoms with E-state index in [2.05, 4.69) is 4.98 Å². The highest BCUT2D eigenvalue weighted by Gasteiger charge is 2.61. The van der Waals surface area contributed by atoms with Crippen molar-refractivity contribution in [3.05, 3.63) is 30.0 Å². The fourth-order valence-corrected chi connectivity index (χ4v) is 4.17. The normalized spacial score (nSPS) is 22.6. The number of piperidine rings is 1. The topological polar surface area (TPSA) is 121 Å². The average molecular weight is 398 g/mol. The lowest BCUT2D eigenvalue weighted by Gasteiger charge is -2.21. The predicted octanol–water partition coefficient (Wildman–Crippen LogP) is 1.31. The lowest BCUT2D eigenvalue weighted by molar-refractivity contribution is -0.129. The number of nitrogens with two attached hydrogens (primary N) is 2. The molecule has 29 heavy (non-hydrogen) atoms. The van der Waals surface area contributed by atoms with Crippen LogP contribution in [0.1, 0.15) is 30.6 Å². The molecule has 2 heterocycles. The van der Waals surface area contributed by atoms with Crippen LogP contribution in [0.2, 0.25) is 0 Å². The van der Waals surface area contributed by atoms with E-state index in [0.29, 0.717) is 41.6 Å². The predicted molar refractivity (Wildman–Crippen MR) is 108 cm³/mol. The highest BCUT2D eigenvalue weighted by atomic mass is 16.5. The van der Waals surface area contributed by atoms with Crippen LogP contribution >= 0.6 is 0 Å². The van der Waals surface area contributed by atoms with Crippen LogP contribution < -0.4 is 20.9 Å². The molecule has 154 valence electrons. The second-order valence-electron chi connectivity index (χ2n) is 8.24. The Morgan fingerprint density at radius 1 is 1.34 bits per heavy atom. The third-order valence-corrected chi connectivity index (χ3v) is 5.78. The summed E-state index contributed by atoms with van der Waals surface area (Å²) < 4.78 is 12.0. The molecule has 1 saturated heterocycles. The van der Waals surface area contributed by atoms with Gasteiger partial charge in [-0.3, -0.25) is 14.6 Å². The SMILES string of the molecule is CC(C)Oc1cc2c(OCC34CC3CN(C(=O)CN)C4)ccnc2cc1C(N)=O. The van der Waals surface area contributed by atoms with Gasteiger partial charge in [0.1, 0.15) is 11.5 Å². The fourth-order valence-electron chi connectivity index (χ4n) is 4.17. The lowest BCUT2D eigenvalue weighted by Crippen LogP contribution is -2.37. The molecule has 1 aliphatic heterocycles. The number of nitrogens with zero attached hydrogens (tertiary/aromatic N) is 2. The molecule has 2 aromatic rings. The molecule has 2 atom stereocenters. The Morgan fingerprint density at radius 3 is 2.83 bits per heavy atom. The number of hydrogen-bond acceptors (Lipinski definition) is 6. The summed E-state index contributed by atoms with van der Waals surface area (Å²) in [7, 11) is 0. The largest absolute Gasteiger partial charge is 0.492 e. The molecular formula is C21H26N4O4. The second-order valence-corrected chi connectivity index (χ2v) is 8.24. The van der Waals surface area contributed by atoms with Crippen molar-refractivity contribution < 1.29 is 19.1 Å². The maximum atomic E-state index is 11.9. The van der Waals surface area contributed by atoms with Crippen molar-refractivity contribution in [2.75, 3.05) is 26.2 Å². The molecule has 1 aromatic heterocycles. The number of aromatic nitrogens is 1. The minimum atomic E-state index is -0.564. The van der Waals surface area contributed by atoms with Gasteiger partial charge in [-0.25, -0.2) is 0 Å². The maximum Gasteiger partial charge on any atom is 0.252 e. The summed E-state index contributed by atoms with van der Waals surface area (Å²) in [6.07, 6.45) is 2.59. The molecule has 8 heteroatoms. The molecule has 2 unspecified atom stereocenters. The number of fused-ring (bicyclic) bond motifs is 2. The lowest BCUT2D eigenvalue weighted by atomic mass is 10.1. The molecule has 1 aliphatic carbocycles. The summed E-state index contributed by atoms with van der Waals surface area (Å²) in [5.41, 5.74) is 11.9. The van der Waals surface area contributed by atoms with E-state index in [1.54, 1.807) is 24.4 Å². The quantitative estimate of drug-likeness (QED) is 0.725. The summed E-state index contributed by atoms with van der Waals surface area (Å²) in [5.74, 6) is 0.975. The Bertz CT molecular complexity index is 977. The molecule has 8 nitrogen and oxygen atoms in total. The van der Waals surface area contributed by atoms with E-state index in [1.807, 2.05) is 18.7 Å². The zero-order valence-electron chi connectivity index (χ0n) is 16.7. The highest BCUT2D eigenvalue weighted by Crippen LogP contribution is 2.57. The minimum absolute atomic E-state index is 0.00481. The van der Waals surface area contributed by atoms with Crippen molar-refractivity contribution in [2.45, 2.75) is 26.4 Å². The number of primary amides is 1. The van der Waals surface area contributed by atoms with Crippen LogP contribution in [0.15, 0.2) is 24.4 Å². The van der Waals surface area contributed by atoms with Gasteiger partial charge >= 0.3 is 0 Å². The van der Waals surface area contributed by atoms with Crippen molar-refractivity contribution in [2.24, 2.45) is 22.8 Å². The third kappa shape index (κ3) is 3.60. The number of carbonyl (C=O) groups is 2. The Labute approximate surface area is 169 Å². The standard InChI is InChI=1S/C21H26N4O4/c1-12(2)29-18-6-14-16(5-15(18)20(23)27)24-4-3-17(14)28-11-21-7-13(21)9-25(10-21)19(26)8-22/h3-6,12-13H,7-11,22H2,1-2H3,(H2,23,27). The Morgan fingerprint density at radius 2 is 2.14 bits per heavy atom. The number of carbonyl (C=O) groups excluding carboxylic acids is 2. The smallest absolute Gasteiger partial charge is 0.252 e. The molecule has 2 aliphatic rings. The molecule has 0 spiro atoms. The number of ether oxygens (including phenoxy) is 2. The van der Waals surface area contributed by atoms with E-state index < -0.39 is 5.91 Å². The first-order valence-corrected chi connectivity index (χ1v) is 9.83. The van der Waals surface area contributed by atoms with Gasteiger partial charge in [-0.05, 0) is 44.4 Å². The van der Waals surface area contributed by atoms with E-state index in [4.69, 9.17) is 20.9 Å². The summed E-state index contributed by atoms with van der Waals surface area (Å²) in [5, 5.41) is 0.759. The van der Waals surface area contributed by atoms with Gasteiger partial charge in [0.25, 0.3) is 5.91 Å². The second kappa shape index (κ2) is 7.18. The van der Waals surface area contributed by atoms with Gasteiger partial charge in [0.15, 0.2) is 0 Å². The van der Waals surface area contributed by atoms with E-state index in [-0.39, 0.29) is 24.0 Å². The number of rotatable bonds is 7. The summed E-state index contributed by atoms with van der Waals surface area (Å²) in [6.45, 7) is 5.77. The molecule has 2 amide bonds. The Kier molecular flexibility index (Phi) is 4.82. The van der Waals surface area contributed by atoms with Gasteiger partial charge in [-0.2, -0.15) is 0 Å². The molecule has 1 aromatic carbocycles. The summed E-state index contributed by atoms with van der Waals surface area (Å²) in [4.78, 5) is 29.9. The van der Waals surface area contributed by atoms with Crippen molar-refractivity contribution in [3.63, 3.8) is 0 Å². The van der Waals surface area contributed by atoms with Gasteiger partial charge < -0.3 is 25.8 Å². The molecule has 4 rings (SSSR count). The van der Waals surface area contributed by atoms with Crippen molar-refractivity contribution >= 4 is 22.7 Å². The van der Waals surface area contributed by atoms with E-state index in [0.717, 1.165) is 18.4 Å². The van der Waals surface area contributed by atoms with Crippen LogP contribution in [-0.4, -0.2) is 54.0 Å². The zero-order valence-corrected chi connectivity index (χ0v) is 16.7. The van der Waals surface area contributed by atoms with Crippen molar-refractivity contribution in [1.29, 1.82) is 0 Å². The molecule has 0 bridgehead atoms. The maximum absolute atomic E-state index is 11.9. The van der Waals surface area contributed by atoms with Crippen LogP contribution in [0.4, 0.5) is 0 Å². The van der Waals surface area contributed by atoms with Gasteiger partial charge in [0.2, 0.25) is 5.91 Å². The van der Waals surface area contributed by atoms with Gasteiger partial charge in [0.05, 0.1) is 30.3 Å². The molecule has 1 saturated carbocycles. The monoisotopic (exact) mass is 398 g/mol. The van der Waals surface area contributed by atoms with Crippen LogP contribution in [0.5, 0.6) is 11.5 Å². The number of hydrogen-bond donors (Lipinski definition) is 2. The minimum Gasteiger partial charge on any atom is -0.492 e. The number of benzene rings is 1. The number of likely N-dealkylation sites (tertiary alicyclic amines) is 1. The molecule has 4 N–H and O–H groups in total. The zero-order chi connectivity index (χ0) is 20.8. The molecule has 2 fully saturated rings. The Hall–Kier alpha value is -2.87. The first-order chi connectivity index (χ1) is 13.8. The first-order valence-electron chi connectivity index (χ1n) is 9.83. The van der Waals surface area contributed by atoms with Crippen molar-refractivity contribution in [1.82, 2.24) is 9.88 Å². The summed E-state index contributed by atoms with van der Waals surface area (Å²) >= 11 is 0. The first kappa shape index (κ1) is 19.4. The Balaban J connectivity index is 1.58. The van der Waals surface area contributed by atoms with E-state index in [1.165, 1.54) is 0 Å². The van der Waals surface area contributed by atoms with Crippen molar-refractivity contribution in [3.8, 4) is 11.5 Å². The number of amides is 2. The van der Waals surface area contributed by atoms with Crippen LogP contribution in [0.3, 0.4) is 0 Å². The van der Waals surface area contributed by atoms with Crippen LogP contribution in [-0.2, 0) is 4.79 Å². The van der Waals surface area contributed by atoms with E-state index in [9.17, 15) is 9.59 Å². The fraction of sp³-hybridized carbons (Fsp3) is 0.476. The number of pyridine rings is 1. The molecule has 0 radical (unpaired) electrons. The highest BCUT2D eigenvalue weighted by molar-refractivity contribution is 6.01. The van der Waals surface area contributed by atoms with Crippen LogP contribution in [0.25, 0.3) is 10.9 Å². The van der Waals surface area contributed by atoms with E-state index >= 15 is 0 Å². The molecular weight excluding hydrogens is 372 g/mol.